The van der Waals surface area contributed by atoms with E-state index < -0.39 is 0 Å². The number of hydrogen-bond donors (Lipinski definition) is 0. The molecule has 1 aliphatic rings. The van der Waals surface area contributed by atoms with Gasteiger partial charge in [0.2, 0.25) is 0 Å². The Morgan fingerprint density at radius 1 is 0.815 bits per heavy atom. The third-order valence-electron chi connectivity index (χ3n) is 4.77. The molecule has 0 saturated heterocycles. The lowest BCUT2D eigenvalue weighted by molar-refractivity contribution is 0.675. The molecular formula is C22H17Cl3N2. The Balaban J connectivity index is 1.82. The summed E-state index contributed by atoms with van der Waals surface area (Å²) in [5.74, 6) is 0. The van der Waals surface area contributed by atoms with E-state index in [-0.39, 0.29) is 12.2 Å². The van der Waals surface area contributed by atoms with Gasteiger partial charge < -0.3 is 4.90 Å². The molecule has 2 atom stereocenters. The molecule has 0 aromatic heterocycles. The second-order valence-corrected chi connectivity index (χ2v) is 7.76. The Kier molecular flexibility index (Phi) is 5.14. The van der Waals surface area contributed by atoms with Gasteiger partial charge >= 0.3 is 0 Å². The number of hydrogen-bond acceptors (Lipinski definition) is 2. The van der Waals surface area contributed by atoms with Crippen molar-refractivity contribution >= 4 is 46.2 Å². The summed E-state index contributed by atoms with van der Waals surface area (Å²) in [6.45, 7) is 2.14. The van der Waals surface area contributed by atoms with Crippen molar-refractivity contribution in [2.24, 2.45) is 4.99 Å². The average molecular weight is 416 g/mol. The average Bonchev–Trinajstić information content (AvgIpc) is 3.00. The first kappa shape index (κ1) is 18.4. The summed E-state index contributed by atoms with van der Waals surface area (Å²) in [6, 6.07) is 23.7. The van der Waals surface area contributed by atoms with Gasteiger partial charge in [0.15, 0.2) is 0 Å². The molecule has 0 saturated carbocycles. The van der Waals surface area contributed by atoms with E-state index in [1.807, 2.05) is 54.6 Å². The summed E-state index contributed by atoms with van der Waals surface area (Å²) < 4.78 is 0. The van der Waals surface area contributed by atoms with Crippen molar-refractivity contribution < 1.29 is 0 Å². The van der Waals surface area contributed by atoms with E-state index in [0.717, 1.165) is 22.5 Å². The molecule has 27 heavy (non-hydrogen) atoms. The fourth-order valence-corrected chi connectivity index (χ4v) is 4.11. The van der Waals surface area contributed by atoms with Gasteiger partial charge in [0.05, 0.1) is 16.8 Å². The first-order valence-corrected chi connectivity index (χ1v) is 9.80. The highest BCUT2D eigenvalue weighted by atomic mass is 35.5. The number of nitrogens with zero attached hydrogens (tertiary/aromatic N) is 2. The molecule has 0 aliphatic carbocycles. The summed E-state index contributed by atoms with van der Waals surface area (Å²) in [4.78, 5) is 7.35. The maximum Gasteiger partial charge on any atom is 0.148 e. The standard InChI is InChI=1S/C22H17Cl3N2/c1-14-21(19-12-9-17(24)13-20(19)25)26-22(15-5-3-2-4-6-15)27(14)18-10-7-16(23)8-11-18/h2-14,22H,1H3. The minimum absolute atomic E-state index is 0.0371. The minimum atomic E-state index is -0.135. The molecule has 2 unspecified atom stereocenters. The number of aliphatic imine (C=N–C) groups is 1. The quantitative estimate of drug-likeness (QED) is 0.448. The lowest BCUT2D eigenvalue weighted by atomic mass is 10.0. The van der Waals surface area contributed by atoms with Gasteiger partial charge in [-0.1, -0.05) is 71.2 Å². The molecule has 5 heteroatoms. The first-order valence-electron chi connectivity index (χ1n) is 8.66. The summed E-state index contributed by atoms with van der Waals surface area (Å²) in [6.07, 6.45) is -0.135. The molecular weight excluding hydrogens is 399 g/mol. The highest BCUT2D eigenvalue weighted by molar-refractivity contribution is 6.37. The molecule has 1 heterocycles. The number of rotatable bonds is 3. The van der Waals surface area contributed by atoms with E-state index >= 15 is 0 Å². The molecule has 1 aliphatic heterocycles. The van der Waals surface area contributed by atoms with Gasteiger partial charge in [0, 0.05) is 21.3 Å². The summed E-state index contributed by atoms with van der Waals surface area (Å²) >= 11 is 18.6. The highest BCUT2D eigenvalue weighted by Crippen LogP contribution is 2.38. The third kappa shape index (κ3) is 3.58. The summed E-state index contributed by atoms with van der Waals surface area (Å²) in [7, 11) is 0. The van der Waals surface area contributed by atoms with Crippen LogP contribution in [0.3, 0.4) is 0 Å². The molecule has 2 nitrogen and oxygen atoms in total. The maximum atomic E-state index is 6.48. The van der Waals surface area contributed by atoms with Crippen molar-refractivity contribution in [2.45, 2.75) is 19.1 Å². The lowest BCUT2D eigenvalue weighted by Crippen LogP contribution is -2.35. The molecule has 0 amide bonds. The zero-order valence-electron chi connectivity index (χ0n) is 14.6. The van der Waals surface area contributed by atoms with Crippen molar-refractivity contribution in [3.05, 3.63) is 99.0 Å². The molecule has 3 aromatic carbocycles. The van der Waals surface area contributed by atoms with Crippen LogP contribution in [0, 0.1) is 0 Å². The van der Waals surface area contributed by atoms with Gasteiger partial charge in [-0.25, -0.2) is 0 Å². The molecule has 0 N–H and O–H groups in total. The highest BCUT2D eigenvalue weighted by Gasteiger charge is 2.35. The molecule has 0 spiro atoms. The lowest BCUT2D eigenvalue weighted by Gasteiger charge is -2.30. The van der Waals surface area contributed by atoms with E-state index in [1.165, 1.54) is 0 Å². The summed E-state index contributed by atoms with van der Waals surface area (Å²) in [5, 5.41) is 1.94. The van der Waals surface area contributed by atoms with Crippen molar-refractivity contribution in [1.29, 1.82) is 0 Å². The van der Waals surface area contributed by atoms with E-state index in [9.17, 15) is 0 Å². The van der Waals surface area contributed by atoms with E-state index in [0.29, 0.717) is 15.1 Å². The van der Waals surface area contributed by atoms with Gasteiger partial charge in [0.25, 0.3) is 0 Å². The second-order valence-electron chi connectivity index (χ2n) is 6.48. The molecule has 0 fully saturated rings. The smallest absolute Gasteiger partial charge is 0.148 e. The van der Waals surface area contributed by atoms with Crippen LogP contribution in [-0.4, -0.2) is 11.8 Å². The molecule has 136 valence electrons. The Hall–Kier alpha value is -2.00. The van der Waals surface area contributed by atoms with Crippen LogP contribution in [-0.2, 0) is 0 Å². The van der Waals surface area contributed by atoms with Gasteiger partial charge in [0.1, 0.15) is 6.17 Å². The summed E-state index contributed by atoms with van der Waals surface area (Å²) in [5.41, 5.74) is 4.04. The van der Waals surface area contributed by atoms with Crippen molar-refractivity contribution in [3.8, 4) is 0 Å². The van der Waals surface area contributed by atoms with Gasteiger partial charge in [-0.05, 0) is 48.9 Å². The monoisotopic (exact) mass is 414 g/mol. The largest absolute Gasteiger partial charge is 0.337 e. The Morgan fingerprint density at radius 2 is 1.48 bits per heavy atom. The van der Waals surface area contributed by atoms with E-state index in [4.69, 9.17) is 39.8 Å². The van der Waals surface area contributed by atoms with Crippen molar-refractivity contribution in [3.63, 3.8) is 0 Å². The Morgan fingerprint density at radius 3 is 2.15 bits per heavy atom. The minimum Gasteiger partial charge on any atom is -0.337 e. The zero-order chi connectivity index (χ0) is 19.0. The van der Waals surface area contributed by atoms with Crippen molar-refractivity contribution in [1.82, 2.24) is 0 Å². The molecule has 0 radical (unpaired) electrons. The number of anilines is 1. The normalized spacial score (nSPS) is 19.3. The van der Waals surface area contributed by atoms with Gasteiger partial charge in [-0.15, -0.1) is 0 Å². The van der Waals surface area contributed by atoms with Crippen LogP contribution in [0.2, 0.25) is 15.1 Å². The SMILES string of the molecule is CC1C(c2ccc(Cl)cc2Cl)=NC(c2ccccc2)N1c1ccc(Cl)cc1. The van der Waals surface area contributed by atoms with E-state index in [1.54, 1.807) is 6.07 Å². The fraction of sp³-hybridized carbons (Fsp3) is 0.136. The molecule has 4 rings (SSSR count). The Labute approximate surface area is 174 Å². The van der Waals surface area contributed by atoms with Crippen LogP contribution in [0.15, 0.2) is 77.8 Å². The van der Waals surface area contributed by atoms with Crippen LogP contribution in [0.5, 0.6) is 0 Å². The van der Waals surface area contributed by atoms with Gasteiger partial charge in [-0.2, -0.15) is 0 Å². The Bertz CT molecular complexity index is 984. The van der Waals surface area contributed by atoms with Crippen LogP contribution < -0.4 is 4.90 Å². The van der Waals surface area contributed by atoms with Crippen LogP contribution in [0.4, 0.5) is 5.69 Å². The molecule has 3 aromatic rings. The van der Waals surface area contributed by atoms with Crippen molar-refractivity contribution in [2.75, 3.05) is 4.90 Å². The predicted molar refractivity (Wildman–Crippen MR) is 116 cm³/mol. The maximum absolute atomic E-state index is 6.48. The third-order valence-corrected chi connectivity index (χ3v) is 5.57. The van der Waals surface area contributed by atoms with Crippen LogP contribution in [0.1, 0.15) is 24.2 Å². The van der Waals surface area contributed by atoms with Gasteiger partial charge in [-0.3, -0.25) is 4.99 Å². The van der Waals surface area contributed by atoms with E-state index in [2.05, 4.69) is 24.0 Å². The number of halogens is 3. The van der Waals surface area contributed by atoms with Crippen LogP contribution in [0.25, 0.3) is 0 Å². The molecule has 0 bridgehead atoms. The second kappa shape index (κ2) is 7.55. The topological polar surface area (TPSA) is 15.6 Å². The number of benzene rings is 3. The predicted octanol–water partition coefficient (Wildman–Crippen LogP) is 7.04. The fourth-order valence-electron chi connectivity index (χ4n) is 3.48. The first-order chi connectivity index (χ1) is 13.0. The van der Waals surface area contributed by atoms with Crippen LogP contribution >= 0.6 is 34.8 Å². The zero-order valence-corrected chi connectivity index (χ0v) is 16.9.